The van der Waals surface area contributed by atoms with Crippen LogP contribution in [0, 0.1) is 0 Å². The Bertz CT molecular complexity index is 589. The Morgan fingerprint density at radius 1 is 1.05 bits per heavy atom. The molecule has 0 atom stereocenters. The first kappa shape index (κ1) is 15.4. The topological polar surface area (TPSA) is 24.9 Å². The third kappa shape index (κ3) is 4.21. The second kappa shape index (κ2) is 6.16. The van der Waals surface area contributed by atoms with Crippen LogP contribution in [0.25, 0.3) is 0 Å². The summed E-state index contributed by atoms with van der Waals surface area (Å²) in [6.07, 6.45) is -4.42. The first-order valence-electron chi connectivity index (χ1n) is 6.73. The van der Waals surface area contributed by atoms with E-state index in [1.54, 1.807) is 0 Å². The van der Waals surface area contributed by atoms with Crippen molar-refractivity contribution in [2.75, 3.05) is 5.32 Å². The van der Waals surface area contributed by atoms with E-state index in [1.165, 1.54) is 17.7 Å². The SMILES string of the molecule is CC(C)c1ccc(CNc2cccc(C(F)(F)F)n2)cc1. The molecule has 0 spiro atoms. The molecule has 0 unspecified atom stereocenters. The predicted molar refractivity (Wildman–Crippen MR) is 77.1 cm³/mol. The lowest BCUT2D eigenvalue weighted by Gasteiger charge is -2.10. The lowest BCUT2D eigenvalue weighted by Crippen LogP contribution is -2.10. The van der Waals surface area contributed by atoms with Gasteiger partial charge in [-0.15, -0.1) is 0 Å². The van der Waals surface area contributed by atoms with Gasteiger partial charge < -0.3 is 5.32 Å². The van der Waals surface area contributed by atoms with Gasteiger partial charge in [-0.2, -0.15) is 13.2 Å². The zero-order valence-electron chi connectivity index (χ0n) is 11.9. The summed E-state index contributed by atoms with van der Waals surface area (Å²) in [7, 11) is 0. The van der Waals surface area contributed by atoms with E-state index in [1.807, 2.05) is 24.3 Å². The molecule has 0 saturated heterocycles. The van der Waals surface area contributed by atoms with E-state index >= 15 is 0 Å². The number of hydrogen-bond donors (Lipinski definition) is 1. The highest BCUT2D eigenvalue weighted by Crippen LogP contribution is 2.28. The molecule has 5 heteroatoms. The van der Waals surface area contributed by atoms with Crippen LogP contribution in [-0.2, 0) is 12.7 Å². The zero-order valence-corrected chi connectivity index (χ0v) is 11.9. The van der Waals surface area contributed by atoms with Gasteiger partial charge in [0, 0.05) is 6.54 Å². The van der Waals surface area contributed by atoms with Gasteiger partial charge in [-0.25, -0.2) is 4.98 Å². The summed E-state index contributed by atoms with van der Waals surface area (Å²) in [6, 6.07) is 11.8. The van der Waals surface area contributed by atoms with Crippen molar-refractivity contribution in [1.82, 2.24) is 4.98 Å². The lowest BCUT2D eigenvalue weighted by molar-refractivity contribution is -0.141. The fourth-order valence-electron chi connectivity index (χ4n) is 1.90. The van der Waals surface area contributed by atoms with Crippen LogP contribution in [0.3, 0.4) is 0 Å². The van der Waals surface area contributed by atoms with Gasteiger partial charge in [0.25, 0.3) is 0 Å². The maximum atomic E-state index is 12.6. The Balaban J connectivity index is 2.03. The molecule has 0 saturated carbocycles. The van der Waals surface area contributed by atoms with Crippen LogP contribution in [0.4, 0.5) is 19.0 Å². The molecule has 0 radical (unpaired) electrons. The van der Waals surface area contributed by atoms with Gasteiger partial charge in [0.15, 0.2) is 0 Å². The van der Waals surface area contributed by atoms with Crippen molar-refractivity contribution >= 4 is 5.82 Å². The van der Waals surface area contributed by atoms with Crippen molar-refractivity contribution < 1.29 is 13.2 Å². The number of alkyl halides is 3. The smallest absolute Gasteiger partial charge is 0.366 e. The monoisotopic (exact) mass is 294 g/mol. The number of hydrogen-bond acceptors (Lipinski definition) is 2. The molecule has 2 aromatic rings. The largest absolute Gasteiger partial charge is 0.433 e. The number of pyridine rings is 1. The van der Waals surface area contributed by atoms with E-state index in [0.717, 1.165) is 11.6 Å². The molecule has 0 aliphatic heterocycles. The summed E-state index contributed by atoms with van der Waals surface area (Å²) in [4.78, 5) is 3.57. The molecule has 0 aliphatic carbocycles. The average molecular weight is 294 g/mol. The summed E-state index contributed by atoms with van der Waals surface area (Å²) in [5.41, 5.74) is 1.34. The van der Waals surface area contributed by atoms with Crippen molar-refractivity contribution in [3.05, 3.63) is 59.3 Å². The maximum Gasteiger partial charge on any atom is 0.433 e. The van der Waals surface area contributed by atoms with Crippen LogP contribution < -0.4 is 5.32 Å². The third-order valence-corrected chi connectivity index (χ3v) is 3.16. The summed E-state index contributed by atoms with van der Waals surface area (Å²) in [5.74, 6) is 0.676. The van der Waals surface area contributed by atoms with Crippen molar-refractivity contribution in [2.24, 2.45) is 0 Å². The highest BCUT2D eigenvalue weighted by molar-refractivity contribution is 5.37. The van der Waals surface area contributed by atoms with Crippen LogP contribution in [0.1, 0.15) is 36.6 Å². The normalized spacial score (nSPS) is 11.7. The molecule has 0 fully saturated rings. The van der Waals surface area contributed by atoms with Gasteiger partial charge in [-0.05, 0) is 29.2 Å². The van der Waals surface area contributed by atoms with Gasteiger partial charge in [0.05, 0.1) is 0 Å². The molecule has 2 nitrogen and oxygen atoms in total. The fourth-order valence-corrected chi connectivity index (χ4v) is 1.90. The Morgan fingerprint density at radius 3 is 2.29 bits per heavy atom. The van der Waals surface area contributed by atoms with Crippen LogP contribution in [0.15, 0.2) is 42.5 Å². The van der Waals surface area contributed by atoms with Crippen molar-refractivity contribution in [3.63, 3.8) is 0 Å². The molecule has 21 heavy (non-hydrogen) atoms. The second-order valence-electron chi connectivity index (χ2n) is 5.16. The molecule has 0 bridgehead atoms. The quantitative estimate of drug-likeness (QED) is 0.873. The lowest BCUT2D eigenvalue weighted by atomic mass is 10.0. The molecule has 0 aliphatic rings. The molecular formula is C16H17F3N2. The van der Waals surface area contributed by atoms with Crippen LogP contribution in [0.2, 0.25) is 0 Å². The summed E-state index contributed by atoms with van der Waals surface area (Å²) in [5, 5.41) is 2.91. The van der Waals surface area contributed by atoms with Crippen molar-refractivity contribution in [1.29, 1.82) is 0 Å². The highest BCUT2D eigenvalue weighted by atomic mass is 19.4. The maximum absolute atomic E-state index is 12.6. The van der Waals surface area contributed by atoms with Crippen molar-refractivity contribution in [2.45, 2.75) is 32.5 Å². The minimum atomic E-state index is -4.42. The third-order valence-electron chi connectivity index (χ3n) is 3.16. The van der Waals surface area contributed by atoms with E-state index in [2.05, 4.69) is 24.1 Å². The molecular weight excluding hydrogens is 277 g/mol. The number of rotatable bonds is 4. The molecule has 1 heterocycles. The number of nitrogens with one attached hydrogen (secondary N) is 1. The zero-order chi connectivity index (χ0) is 15.5. The highest BCUT2D eigenvalue weighted by Gasteiger charge is 2.32. The van der Waals surface area contributed by atoms with Gasteiger partial charge in [-0.1, -0.05) is 44.2 Å². The summed E-state index contributed by atoms with van der Waals surface area (Å²) < 4.78 is 37.7. The van der Waals surface area contributed by atoms with Crippen LogP contribution >= 0.6 is 0 Å². The van der Waals surface area contributed by atoms with Gasteiger partial charge in [0.2, 0.25) is 0 Å². The fraction of sp³-hybridized carbons (Fsp3) is 0.312. The van der Waals surface area contributed by atoms with Crippen LogP contribution in [-0.4, -0.2) is 4.98 Å². The minimum absolute atomic E-state index is 0.220. The molecule has 1 aromatic carbocycles. The number of halogens is 3. The van der Waals surface area contributed by atoms with Gasteiger partial charge >= 0.3 is 6.18 Å². The first-order valence-corrected chi connectivity index (χ1v) is 6.73. The number of aromatic nitrogens is 1. The van der Waals surface area contributed by atoms with Gasteiger partial charge in [-0.3, -0.25) is 0 Å². The Labute approximate surface area is 122 Å². The predicted octanol–water partition coefficient (Wildman–Crippen LogP) is 4.84. The van der Waals surface area contributed by atoms with Crippen LogP contribution in [0.5, 0.6) is 0 Å². The molecule has 2 rings (SSSR count). The first-order chi connectivity index (χ1) is 9.86. The number of nitrogens with zero attached hydrogens (tertiary/aromatic N) is 1. The van der Waals surface area contributed by atoms with E-state index in [0.29, 0.717) is 12.5 Å². The standard InChI is InChI=1S/C16H17F3N2/c1-11(2)13-8-6-12(7-9-13)10-20-15-5-3-4-14(21-15)16(17,18)19/h3-9,11H,10H2,1-2H3,(H,20,21). The average Bonchev–Trinajstić information content (AvgIpc) is 2.45. The Morgan fingerprint density at radius 2 is 1.71 bits per heavy atom. The Kier molecular flexibility index (Phi) is 4.50. The summed E-state index contributed by atoms with van der Waals surface area (Å²) in [6.45, 7) is 4.66. The minimum Gasteiger partial charge on any atom is -0.366 e. The van der Waals surface area contributed by atoms with E-state index < -0.39 is 11.9 Å². The molecule has 1 N–H and O–H groups in total. The van der Waals surface area contributed by atoms with E-state index in [9.17, 15) is 13.2 Å². The molecule has 0 amide bonds. The van der Waals surface area contributed by atoms with E-state index in [4.69, 9.17) is 0 Å². The van der Waals surface area contributed by atoms with Crippen molar-refractivity contribution in [3.8, 4) is 0 Å². The van der Waals surface area contributed by atoms with Gasteiger partial charge in [0.1, 0.15) is 11.5 Å². The van der Waals surface area contributed by atoms with E-state index in [-0.39, 0.29) is 5.82 Å². The second-order valence-corrected chi connectivity index (χ2v) is 5.16. The number of anilines is 1. The Hall–Kier alpha value is -2.04. The molecule has 112 valence electrons. The number of benzene rings is 1. The summed E-state index contributed by atoms with van der Waals surface area (Å²) >= 11 is 0. The molecule has 1 aromatic heterocycles.